The Morgan fingerprint density at radius 1 is 1.33 bits per heavy atom. The van der Waals surface area contributed by atoms with Gasteiger partial charge in [0.1, 0.15) is 0 Å². The van der Waals surface area contributed by atoms with Gasteiger partial charge in [0.05, 0.1) is 17.1 Å². The van der Waals surface area contributed by atoms with E-state index in [-0.39, 0.29) is 11.7 Å². The van der Waals surface area contributed by atoms with Crippen molar-refractivity contribution in [3.8, 4) is 0 Å². The van der Waals surface area contributed by atoms with Crippen LogP contribution in [0.5, 0.6) is 0 Å². The van der Waals surface area contributed by atoms with Crippen LogP contribution < -0.4 is 0 Å². The van der Waals surface area contributed by atoms with Crippen LogP contribution in [0, 0.1) is 16.7 Å². The molecule has 0 bridgehead atoms. The average Bonchev–Trinajstić information content (AvgIpc) is 3.07. The molecular weight excluding hydrogens is 264 g/mol. The highest BCUT2D eigenvalue weighted by atomic mass is 16.5. The fourth-order valence-electron chi connectivity index (χ4n) is 4.23. The maximum absolute atomic E-state index is 11.4. The van der Waals surface area contributed by atoms with E-state index in [4.69, 9.17) is 4.74 Å². The lowest BCUT2D eigenvalue weighted by molar-refractivity contribution is -0.151. The Kier molecular flexibility index (Phi) is 4.45. The quantitative estimate of drug-likeness (QED) is 0.776. The molecule has 2 atom stereocenters. The molecule has 2 rings (SSSR count). The van der Waals surface area contributed by atoms with Gasteiger partial charge in [-0.25, -0.2) is 0 Å². The highest BCUT2D eigenvalue weighted by Gasteiger charge is 2.53. The van der Waals surface area contributed by atoms with E-state index >= 15 is 0 Å². The Hall–Kier alpha value is -0.570. The molecule has 1 N–H and O–H groups in total. The molecule has 2 aliphatic carbocycles. The number of carboxylic acid groups (broad SMARTS) is 1. The monoisotopic (exact) mass is 296 g/mol. The maximum atomic E-state index is 11.4. The van der Waals surface area contributed by atoms with Crippen molar-refractivity contribution < 1.29 is 14.6 Å². The molecule has 3 nitrogen and oxygen atoms in total. The van der Waals surface area contributed by atoms with Crippen LogP contribution in [0.4, 0.5) is 0 Å². The van der Waals surface area contributed by atoms with Gasteiger partial charge in [-0.3, -0.25) is 4.79 Å². The van der Waals surface area contributed by atoms with Crippen molar-refractivity contribution in [3.05, 3.63) is 0 Å². The average molecular weight is 296 g/mol. The number of hydrogen-bond donors (Lipinski definition) is 1. The number of carboxylic acids is 1. The molecule has 0 spiro atoms. The van der Waals surface area contributed by atoms with Crippen LogP contribution >= 0.6 is 0 Å². The van der Waals surface area contributed by atoms with Crippen molar-refractivity contribution in [2.45, 2.75) is 91.3 Å². The smallest absolute Gasteiger partial charge is 0.309 e. The van der Waals surface area contributed by atoms with E-state index in [1.54, 1.807) is 0 Å². The fraction of sp³-hybridized carbons (Fsp3) is 0.944. The van der Waals surface area contributed by atoms with Crippen molar-refractivity contribution in [3.63, 3.8) is 0 Å². The molecule has 0 saturated heterocycles. The van der Waals surface area contributed by atoms with E-state index in [0.29, 0.717) is 17.8 Å². The number of aliphatic carboxylic acids is 1. The summed E-state index contributed by atoms with van der Waals surface area (Å²) in [5, 5.41) is 9.36. The lowest BCUT2D eigenvalue weighted by Gasteiger charge is -2.41. The summed E-state index contributed by atoms with van der Waals surface area (Å²) in [7, 11) is 0. The van der Waals surface area contributed by atoms with Gasteiger partial charge >= 0.3 is 5.97 Å². The van der Waals surface area contributed by atoms with Crippen molar-refractivity contribution in [1.29, 1.82) is 0 Å². The lowest BCUT2D eigenvalue weighted by atomic mass is 9.70. The normalized spacial score (nSPS) is 28.9. The van der Waals surface area contributed by atoms with Gasteiger partial charge in [0.2, 0.25) is 0 Å². The second-order valence-electron chi connectivity index (χ2n) is 8.87. The van der Waals surface area contributed by atoms with Gasteiger partial charge in [0, 0.05) is 0 Å². The Morgan fingerprint density at radius 2 is 1.95 bits per heavy atom. The molecule has 3 heteroatoms. The first-order chi connectivity index (χ1) is 9.55. The molecule has 0 radical (unpaired) electrons. The predicted octanol–water partition coefficient (Wildman–Crippen LogP) is 4.64. The Bertz CT molecular complexity index is 393. The minimum atomic E-state index is -0.648. The Morgan fingerprint density at radius 3 is 2.43 bits per heavy atom. The number of carbonyl (C=O) groups is 1. The minimum Gasteiger partial charge on any atom is -0.481 e. The third-order valence-electron chi connectivity index (χ3n) is 5.48. The van der Waals surface area contributed by atoms with E-state index in [0.717, 1.165) is 12.8 Å². The van der Waals surface area contributed by atoms with Gasteiger partial charge in [0.15, 0.2) is 0 Å². The highest BCUT2D eigenvalue weighted by molar-refractivity contribution is 5.77. The molecular formula is C18H32O3. The van der Waals surface area contributed by atoms with Crippen LogP contribution in [0.3, 0.4) is 0 Å². The van der Waals surface area contributed by atoms with Gasteiger partial charge in [-0.2, -0.15) is 0 Å². The van der Waals surface area contributed by atoms with Crippen molar-refractivity contribution in [2.75, 3.05) is 0 Å². The van der Waals surface area contributed by atoms with Crippen molar-refractivity contribution in [1.82, 2.24) is 0 Å². The number of ether oxygens (including phenoxy) is 1. The molecule has 122 valence electrons. The predicted molar refractivity (Wildman–Crippen MR) is 84.3 cm³/mol. The van der Waals surface area contributed by atoms with E-state index in [9.17, 15) is 9.90 Å². The summed E-state index contributed by atoms with van der Waals surface area (Å²) in [4.78, 5) is 11.4. The first-order valence-electron chi connectivity index (χ1n) is 8.47. The summed E-state index contributed by atoms with van der Waals surface area (Å²) in [6.45, 7) is 11.0. The summed E-state index contributed by atoms with van der Waals surface area (Å²) >= 11 is 0. The molecule has 0 heterocycles. The topological polar surface area (TPSA) is 46.5 Å². The molecule has 2 aliphatic rings. The molecule has 0 aliphatic heterocycles. The van der Waals surface area contributed by atoms with E-state index in [1.165, 1.54) is 25.7 Å². The van der Waals surface area contributed by atoms with Gasteiger partial charge in [-0.05, 0) is 70.6 Å². The third kappa shape index (κ3) is 4.21. The summed E-state index contributed by atoms with van der Waals surface area (Å²) in [5.74, 6) is -0.0429. The second-order valence-corrected chi connectivity index (χ2v) is 8.87. The Labute approximate surface area is 129 Å². The Balaban J connectivity index is 1.92. The minimum absolute atomic E-state index is 0.212. The highest BCUT2D eigenvalue weighted by Crippen LogP contribution is 2.52. The standard InChI is InChI=1S/C18H32O3/c1-13(14-7-6-8-16(2,3)11-14)21-17(4,5)12-18(9-10-18)15(19)20/h13-14H,6-12H2,1-5H3,(H,19,20). The SMILES string of the molecule is CC(OC(C)(C)CC1(C(=O)O)CC1)C1CCCC(C)(C)C1. The molecule has 2 unspecified atom stereocenters. The summed E-state index contributed by atoms with van der Waals surface area (Å²) in [5.41, 5.74) is -0.436. The number of hydrogen-bond acceptors (Lipinski definition) is 2. The van der Waals surface area contributed by atoms with Crippen LogP contribution in [0.1, 0.15) is 79.6 Å². The largest absolute Gasteiger partial charge is 0.481 e. The number of rotatable bonds is 6. The van der Waals surface area contributed by atoms with Crippen LogP contribution in [-0.2, 0) is 9.53 Å². The lowest BCUT2D eigenvalue weighted by Crippen LogP contribution is -2.39. The van der Waals surface area contributed by atoms with E-state index < -0.39 is 11.4 Å². The molecule has 21 heavy (non-hydrogen) atoms. The zero-order valence-corrected chi connectivity index (χ0v) is 14.4. The molecule has 0 aromatic heterocycles. The molecule has 0 aromatic rings. The van der Waals surface area contributed by atoms with Gasteiger partial charge < -0.3 is 9.84 Å². The van der Waals surface area contributed by atoms with Gasteiger partial charge in [-0.1, -0.05) is 20.3 Å². The maximum Gasteiger partial charge on any atom is 0.309 e. The van der Waals surface area contributed by atoms with Gasteiger partial charge in [-0.15, -0.1) is 0 Å². The van der Waals surface area contributed by atoms with Crippen molar-refractivity contribution in [2.24, 2.45) is 16.7 Å². The van der Waals surface area contributed by atoms with Gasteiger partial charge in [0.25, 0.3) is 0 Å². The summed E-state index contributed by atoms with van der Waals surface area (Å²) < 4.78 is 6.33. The summed E-state index contributed by atoms with van der Waals surface area (Å²) in [6, 6.07) is 0. The zero-order chi connectivity index (χ0) is 15.9. The summed E-state index contributed by atoms with van der Waals surface area (Å²) in [6.07, 6.45) is 7.51. The molecule has 0 amide bonds. The first kappa shape index (κ1) is 16.8. The fourth-order valence-corrected chi connectivity index (χ4v) is 4.23. The van der Waals surface area contributed by atoms with Crippen LogP contribution in [0.25, 0.3) is 0 Å². The molecule has 2 saturated carbocycles. The zero-order valence-electron chi connectivity index (χ0n) is 14.4. The first-order valence-corrected chi connectivity index (χ1v) is 8.47. The molecule has 0 aromatic carbocycles. The third-order valence-corrected chi connectivity index (χ3v) is 5.48. The van der Waals surface area contributed by atoms with Crippen LogP contribution in [0.15, 0.2) is 0 Å². The molecule has 2 fully saturated rings. The van der Waals surface area contributed by atoms with Crippen LogP contribution in [0.2, 0.25) is 0 Å². The van der Waals surface area contributed by atoms with Crippen LogP contribution in [-0.4, -0.2) is 22.8 Å². The van der Waals surface area contributed by atoms with E-state index in [1.807, 2.05) is 0 Å². The second kappa shape index (κ2) is 5.57. The van der Waals surface area contributed by atoms with E-state index in [2.05, 4.69) is 34.6 Å². The van der Waals surface area contributed by atoms with Crippen molar-refractivity contribution >= 4 is 5.97 Å².